The molecule has 0 saturated carbocycles. The molecule has 0 bridgehead atoms. The Labute approximate surface area is 158 Å². The summed E-state index contributed by atoms with van der Waals surface area (Å²) in [5.41, 5.74) is 11.5. The Balaban J connectivity index is 2.44. The van der Waals surface area contributed by atoms with Crippen molar-refractivity contribution in [2.24, 2.45) is 11.7 Å². The van der Waals surface area contributed by atoms with Crippen molar-refractivity contribution in [3.63, 3.8) is 0 Å². The highest BCUT2D eigenvalue weighted by Gasteiger charge is 2.26. The predicted octanol–water partition coefficient (Wildman–Crippen LogP) is 0.509. The summed E-state index contributed by atoms with van der Waals surface area (Å²) in [5.74, 6) is 0.0482. The van der Waals surface area contributed by atoms with Crippen molar-refractivity contribution in [3.05, 3.63) is 11.2 Å². The van der Waals surface area contributed by atoms with Crippen LogP contribution in [0.4, 0.5) is 11.8 Å². The number of amides is 2. The summed E-state index contributed by atoms with van der Waals surface area (Å²) >= 11 is 5.80. The van der Waals surface area contributed by atoms with Crippen LogP contribution in [0.2, 0.25) is 5.15 Å². The van der Waals surface area contributed by atoms with E-state index in [0.29, 0.717) is 25.2 Å². The summed E-state index contributed by atoms with van der Waals surface area (Å²) in [4.78, 5) is 32.0. The quantitative estimate of drug-likeness (QED) is 0.291. The van der Waals surface area contributed by atoms with Crippen LogP contribution in [-0.2, 0) is 9.59 Å². The van der Waals surface area contributed by atoms with E-state index in [2.05, 4.69) is 25.9 Å². The zero-order chi connectivity index (χ0) is 19.7. The van der Waals surface area contributed by atoms with E-state index < -0.39 is 12.1 Å². The fourth-order valence-corrected chi connectivity index (χ4v) is 2.50. The Hall–Kier alpha value is -2.13. The maximum absolute atomic E-state index is 12.3. The van der Waals surface area contributed by atoms with Crippen molar-refractivity contribution in [3.8, 4) is 0 Å². The van der Waals surface area contributed by atoms with Crippen LogP contribution in [0.5, 0.6) is 0 Å². The van der Waals surface area contributed by atoms with E-state index in [9.17, 15) is 9.59 Å². The number of carbonyl (C=O) groups excluding carboxylic acids is 2. The highest BCUT2D eigenvalue weighted by Crippen LogP contribution is 2.12. The first-order valence-corrected chi connectivity index (χ1v) is 8.97. The molecule has 0 spiro atoms. The van der Waals surface area contributed by atoms with Crippen molar-refractivity contribution in [2.45, 2.75) is 45.2 Å². The molecular weight excluding hydrogens is 358 g/mol. The second-order valence-corrected chi connectivity index (χ2v) is 6.48. The average Bonchev–Trinajstić information content (AvgIpc) is 2.60. The number of aromatic nitrogens is 2. The fourth-order valence-electron chi connectivity index (χ4n) is 2.31. The third-order valence-corrected chi connectivity index (χ3v) is 4.28. The first-order chi connectivity index (χ1) is 12.3. The van der Waals surface area contributed by atoms with Crippen LogP contribution in [0.3, 0.4) is 0 Å². The van der Waals surface area contributed by atoms with Gasteiger partial charge in [0.15, 0.2) is 0 Å². The van der Waals surface area contributed by atoms with E-state index in [1.165, 1.54) is 0 Å². The number of halogens is 1. The molecule has 3 atom stereocenters. The summed E-state index contributed by atoms with van der Waals surface area (Å²) in [5, 5.41) is 8.61. The average molecular weight is 386 g/mol. The molecule has 0 aromatic carbocycles. The Morgan fingerprint density at radius 2 is 2.00 bits per heavy atom. The van der Waals surface area contributed by atoms with Gasteiger partial charge in [-0.25, -0.2) is 4.98 Å². The van der Waals surface area contributed by atoms with Gasteiger partial charge in [-0.3, -0.25) is 9.59 Å². The molecule has 10 heteroatoms. The molecule has 146 valence electrons. The van der Waals surface area contributed by atoms with Gasteiger partial charge in [0.25, 0.3) is 0 Å². The molecule has 0 fully saturated rings. The molecular formula is C16H28ClN7O2. The van der Waals surface area contributed by atoms with Crippen molar-refractivity contribution in [1.29, 1.82) is 0 Å². The molecule has 0 aliphatic carbocycles. The summed E-state index contributed by atoms with van der Waals surface area (Å²) in [6.07, 6.45) is 1.85. The predicted molar refractivity (Wildman–Crippen MR) is 103 cm³/mol. The largest absolute Gasteiger partial charge is 0.370 e. The minimum absolute atomic E-state index is 0.0146. The minimum Gasteiger partial charge on any atom is -0.370 e. The van der Waals surface area contributed by atoms with Crippen LogP contribution < -0.4 is 27.4 Å². The molecule has 26 heavy (non-hydrogen) atoms. The lowest BCUT2D eigenvalue weighted by molar-refractivity contribution is -0.130. The lowest BCUT2D eigenvalue weighted by atomic mass is 9.97. The summed E-state index contributed by atoms with van der Waals surface area (Å²) < 4.78 is 0. The molecule has 1 heterocycles. The second kappa shape index (κ2) is 10.8. The highest BCUT2D eigenvalue weighted by atomic mass is 35.5. The summed E-state index contributed by atoms with van der Waals surface area (Å²) in [7, 11) is 1.54. The van der Waals surface area contributed by atoms with E-state index in [1.54, 1.807) is 13.1 Å². The molecule has 0 aliphatic rings. The smallest absolute Gasteiger partial charge is 0.242 e. The Morgan fingerprint density at radius 1 is 1.31 bits per heavy atom. The van der Waals surface area contributed by atoms with Gasteiger partial charge in [0.1, 0.15) is 17.0 Å². The fraction of sp³-hybridized carbons (Fsp3) is 0.625. The maximum atomic E-state index is 12.3. The van der Waals surface area contributed by atoms with Crippen LogP contribution in [0.1, 0.15) is 33.1 Å². The maximum Gasteiger partial charge on any atom is 0.242 e. The van der Waals surface area contributed by atoms with Crippen LogP contribution in [0.25, 0.3) is 0 Å². The number of nitrogen functional groups attached to an aromatic ring is 1. The van der Waals surface area contributed by atoms with Crippen molar-refractivity contribution < 1.29 is 9.59 Å². The molecule has 1 aromatic rings. The molecule has 9 nitrogen and oxygen atoms in total. The van der Waals surface area contributed by atoms with Crippen LogP contribution in [-0.4, -0.2) is 47.5 Å². The Morgan fingerprint density at radius 3 is 2.58 bits per heavy atom. The Kier molecular flexibility index (Phi) is 9.08. The van der Waals surface area contributed by atoms with Gasteiger partial charge >= 0.3 is 0 Å². The number of hydrogen-bond donors (Lipinski definition) is 5. The van der Waals surface area contributed by atoms with Gasteiger partial charge in [-0.2, -0.15) is 4.98 Å². The zero-order valence-electron chi connectivity index (χ0n) is 15.4. The molecule has 0 unspecified atom stereocenters. The first-order valence-electron chi connectivity index (χ1n) is 8.59. The van der Waals surface area contributed by atoms with Crippen molar-refractivity contribution in [1.82, 2.24) is 20.6 Å². The van der Waals surface area contributed by atoms with E-state index in [-0.39, 0.29) is 28.8 Å². The number of nitrogens with one attached hydrogen (secondary N) is 3. The van der Waals surface area contributed by atoms with Crippen LogP contribution in [0.15, 0.2) is 6.07 Å². The van der Waals surface area contributed by atoms with Gasteiger partial charge in [0.2, 0.25) is 17.8 Å². The zero-order valence-corrected chi connectivity index (χ0v) is 16.1. The number of likely N-dealkylation sites (N-methyl/N-ethyl adjacent to an activating group) is 1. The molecule has 0 aliphatic heterocycles. The number of nitrogens with two attached hydrogens (primary N) is 2. The number of anilines is 2. The molecule has 0 radical (unpaired) electrons. The normalized spacial score (nSPS) is 14.2. The third kappa shape index (κ3) is 7.01. The van der Waals surface area contributed by atoms with E-state index in [1.807, 2.05) is 13.8 Å². The molecule has 2 amide bonds. The number of rotatable bonds is 10. The molecule has 7 N–H and O–H groups in total. The van der Waals surface area contributed by atoms with Crippen molar-refractivity contribution in [2.75, 3.05) is 24.6 Å². The number of nitrogens with zero attached hydrogens (tertiary/aromatic N) is 2. The molecule has 1 rings (SSSR count). The van der Waals surface area contributed by atoms with Gasteiger partial charge in [-0.15, -0.1) is 0 Å². The standard InChI is InChI=1S/C16H28ClN7O2/c1-4-9(2)13(15(26)20-3)24-14(25)10(18)6-5-7-21-12-8-11(17)22-16(19)23-12/h8-10,13H,4-7,18H2,1-3H3,(H,20,26)(H,24,25)(H3,19,21,22,23)/t9-,10-,13-/m0/s1. The summed E-state index contributed by atoms with van der Waals surface area (Å²) in [6.45, 7) is 4.41. The number of hydrogen-bond acceptors (Lipinski definition) is 7. The van der Waals surface area contributed by atoms with E-state index >= 15 is 0 Å². The monoisotopic (exact) mass is 385 g/mol. The lowest BCUT2D eigenvalue weighted by Crippen LogP contribution is -2.53. The van der Waals surface area contributed by atoms with Gasteiger partial charge in [-0.05, 0) is 18.8 Å². The van der Waals surface area contributed by atoms with Gasteiger partial charge in [-0.1, -0.05) is 31.9 Å². The second-order valence-electron chi connectivity index (χ2n) is 6.10. The van der Waals surface area contributed by atoms with E-state index in [4.69, 9.17) is 23.1 Å². The SMILES string of the molecule is CC[C@H](C)[C@H](NC(=O)[C@@H](N)CCCNc1cc(Cl)nc(N)n1)C(=O)NC. The minimum atomic E-state index is -0.702. The number of carbonyl (C=O) groups is 2. The first kappa shape index (κ1) is 21.9. The highest BCUT2D eigenvalue weighted by molar-refractivity contribution is 6.29. The molecule has 0 saturated heterocycles. The third-order valence-electron chi connectivity index (χ3n) is 4.09. The Bertz CT molecular complexity index is 594. The lowest BCUT2D eigenvalue weighted by Gasteiger charge is -2.24. The molecule has 1 aromatic heterocycles. The van der Waals surface area contributed by atoms with Crippen LogP contribution >= 0.6 is 11.6 Å². The van der Waals surface area contributed by atoms with Gasteiger partial charge < -0.3 is 27.4 Å². The van der Waals surface area contributed by atoms with E-state index in [0.717, 1.165) is 6.42 Å². The van der Waals surface area contributed by atoms with Crippen LogP contribution in [0, 0.1) is 5.92 Å². The van der Waals surface area contributed by atoms with Gasteiger partial charge in [0.05, 0.1) is 6.04 Å². The topological polar surface area (TPSA) is 148 Å². The summed E-state index contributed by atoms with van der Waals surface area (Å²) in [6, 6.07) is 0.268. The van der Waals surface area contributed by atoms with Gasteiger partial charge in [0, 0.05) is 19.7 Å². The van der Waals surface area contributed by atoms with Crippen molar-refractivity contribution >= 4 is 35.2 Å².